The summed E-state index contributed by atoms with van der Waals surface area (Å²) in [6.45, 7) is 8.50. The van der Waals surface area contributed by atoms with Gasteiger partial charge in [0, 0.05) is 5.57 Å². The predicted octanol–water partition coefficient (Wildman–Crippen LogP) is 7.20. The van der Waals surface area contributed by atoms with Crippen molar-refractivity contribution in [2.45, 2.75) is 46.0 Å². The molecule has 0 N–H and O–H groups in total. The van der Waals surface area contributed by atoms with E-state index < -0.39 is 5.97 Å². The molecule has 0 aromatic heterocycles. The third-order valence-electron chi connectivity index (χ3n) is 5.94. The molecule has 3 aromatic carbocycles. The van der Waals surface area contributed by atoms with Crippen LogP contribution in [0.3, 0.4) is 0 Å². The lowest BCUT2D eigenvalue weighted by molar-refractivity contribution is -0.139. The fourth-order valence-corrected chi connectivity index (χ4v) is 3.68. The number of unbranched alkanes of at least 4 members (excludes halogenated alkanes) is 3. The van der Waals surface area contributed by atoms with Crippen LogP contribution in [0.1, 0.15) is 66.7 Å². The van der Waals surface area contributed by atoms with Gasteiger partial charge in [-0.25, -0.2) is 14.4 Å². The van der Waals surface area contributed by atoms with Crippen LogP contribution in [0.4, 0.5) is 0 Å². The molecule has 0 heterocycles. The number of hydrogen-bond acceptors (Lipinski definition) is 7. The quantitative estimate of drug-likeness (QED) is 0.0865. The summed E-state index contributed by atoms with van der Waals surface area (Å²) in [5.74, 6) is -0.0199. The lowest BCUT2D eigenvalue weighted by Crippen LogP contribution is -2.08. The summed E-state index contributed by atoms with van der Waals surface area (Å²) < 4.78 is 21.5. The molecule has 0 bridgehead atoms. The second-order valence-corrected chi connectivity index (χ2v) is 9.33. The molecule has 0 aliphatic heterocycles. The average Bonchev–Trinajstić information content (AvgIpc) is 2.97. The minimum absolute atomic E-state index is 0.331. The third-order valence-corrected chi connectivity index (χ3v) is 5.94. The first kappa shape index (κ1) is 30.2. The van der Waals surface area contributed by atoms with E-state index in [-0.39, 0.29) is 11.9 Å². The molecule has 0 atom stereocenters. The first-order valence-electron chi connectivity index (χ1n) is 13.5. The molecule has 3 aromatic rings. The maximum Gasteiger partial charge on any atom is 0.343 e. The van der Waals surface area contributed by atoms with Crippen LogP contribution in [0.15, 0.2) is 84.9 Å². The van der Waals surface area contributed by atoms with Gasteiger partial charge in [0.1, 0.15) is 11.5 Å². The molecule has 0 unspecified atom stereocenters. The molecule has 0 aliphatic rings. The summed E-state index contributed by atoms with van der Waals surface area (Å²) >= 11 is 0. The van der Waals surface area contributed by atoms with Crippen molar-refractivity contribution < 1.29 is 33.3 Å². The van der Waals surface area contributed by atoms with E-state index in [1.165, 1.54) is 0 Å². The summed E-state index contributed by atoms with van der Waals surface area (Å²) in [4.78, 5) is 35.9. The van der Waals surface area contributed by atoms with Crippen LogP contribution in [0, 0.1) is 0 Å². The predicted molar refractivity (Wildman–Crippen MR) is 154 cm³/mol. The molecule has 0 spiro atoms. The Hall–Kier alpha value is -4.39. The Kier molecular flexibility index (Phi) is 12.0. The lowest BCUT2D eigenvalue weighted by atomic mass is 10.0. The Morgan fingerprint density at radius 1 is 0.625 bits per heavy atom. The highest BCUT2D eigenvalue weighted by molar-refractivity contribution is 5.91. The van der Waals surface area contributed by atoms with Crippen molar-refractivity contribution in [2.75, 3.05) is 19.8 Å². The van der Waals surface area contributed by atoms with Crippen molar-refractivity contribution in [3.05, 3.63) is 96.1 Å². The summed E-state index contributed by atoms with van der Waals surface area (Å²) in [7, 11) is 0. The second-order valence-electron chi connectivity index (χ2n) is 9.33. The van der Waals surface area contributed by atoms with Crippen molar-refractivity contribution >= 4 is 17.9 Å². The minimum atomic E-state index is -0.457. The average molecular weight is 545 g/mol. The zero-order valence-corrected chi connectivity index (χ0v) is 23.1. The van der Waals surface area contributed by atoms with Gasteiger partial charge in [-0.05, 0) is 98.7 Å². The van der Waals surface area contributed by atoms with Gasteiger partial charge in [0.15, 0.2) is 0 Å². The SMILES string of the molecule is C=C(C)C(=O)OCCCCCCOc1ccc(C(=O)Oc2ccc(-c3ccc(C(=O)OCCC)cc3)cc2)cc1. The minimum Gasteiger partial charge on any atom is -0.494 e. The van der Waals surface area contributed by atoms with Crippen molar-refractivity contribution in [1.82, 2.24) is 0 Å². The van der Waals surface area contributed by atoms with Crippen LogP contribution in [0.2, 0.25) is 0 Å². The highest BCUT2D eigenvalue weighted by atomic mass is 16.5. The highest BCUT2D eigenvalue weighted by Gasteiger charge is 2.10. The van der Waals surface area contributed by atoms with Gasteiger partial charge in [-0.15, -0.1) is 0 Å². The monoisotopic (exact) mass is 544 g/mol. The van der Waals surface area contributed by atoms with Crippen LogP contribution >= 0.6 is 0 Å². The van der Waals surface area contributed by atoms with Crippen molar-refractivity contribution in [2.24, 2.45) is 0 Å². The van der Waals surface area contributed by atoms with Gasteiger partial charge in [-0.1, -0.05) is 37.8 Å². The molecule has 0 saturated carbocycles. The number of carbonyl (C=O) groups is 3. The summed E-state index contributed by atoms with van der Waals surface area (Å²) in [6, 6.07) is 21.2. The topological polar surface area (TPSA) is 88.1 Å². The van der Waals surface area contributed by atoms with E-state index in [0.29, 0.717) is 48.0 Å². The Bertz CT molecular complexity index is 1260. The van der Waals surface area contributed by atoms with E-state index >= 15 is 0 Å². The van der Waals surface area contributed by atoms with Gasteiger partial charge in [0.2, 0.25) is 0 Å². The summed E-state index contributed by atoms with van der Waals surface area (Å²) in [5, 5.41) is 0. The molecule has 0 fully saturated rings. The number of hydrogen-bond donors (Lipinski definition) is 0. The molecule has 0 radical (unpaired) electrons. The van der Waals surface area contributed by atoms with Crippen molar-refractivity contribution in [1.29, 1.82) is 0 Å². The van der Waals surface area contributed by atoms with Gasteiger partial charge in [-0.2, -0.15) is 0 Å². The van der Waals surface area contributed by atoms with Crippen LogP contribution in [-0.4, -0.2) is 37.7 Å². The maximum absolute atomic E-state index is 12.6. The molecule has 3 rings (SSSR count). The van der Waals surface area contributed by atoms with Crippen LogP contribution in [0.5, 0.6) is 11.5 Å². The van der Waals surface area contributed by atoms with Gasteiger partial charge in [-0.3, -0.25) is 0 Å². The Balaban J connectivity index is 1.39. The third kappa shape index (κ3) is 9.73. The number of esters is 3. The summed E-state index contributed by atoms with van der Waals surface area (Å²) in [6.07, 6.45) is 4.38. The standard InChI is InChI=1S/C33H36O7/c1-4-21-38-32(35)27-11-9-25(10-12-27)26-13-19-30(20-14-26)40-33(36)28-15-17-29(18-16-28)37-22-7-5-6-8-23-39-31(34)24(2)3/h9-20H,2,4-8,21-23H2,1,3H3. The Morgan fingerprint density at radius 2 is 1.15 bits per heavy atom. The largest absolute Gasteiger partial charge is 0.494 e. The molecule has 0 saturated heterocycles. The second kappa shape index (κ2) is 15.9. The summed E-state index contributed by atoms with van der Waals surface area (Å²) in [5.41, 5.74) is 3.21. The molecule has 40 heavy (non-hydrogen) atoms. The Labute approximate surface area is 235 Å². The molecule has 7 nitrogen and oxygen atoms in total. The first-order valence-corrected chi connectivity index (χ1v) is 13.5. The normalized spacial score (nSPS) is 10.4. The van der Waals surface area contributed by atoms with Gasteiger partial charge >= 0.3 is 17.9 Å². The van der Waals surface area contributed by atoms with Crippen molar-refractivity contribution in [3.8, 4) is 22.6 Å². The fraction of sp³-hybridized carbons (Fsp3) is 0.303. The van der Waals surface area contributed by atoms with Crippen molar-refractivity contribution in [3.63, 3.8) is 0 Å². The zero-order chi connectivity index (χ0) is 28.7. The van der Waals surface area contributed by atoms with Gasteiger partial charge < -0.3 is 18.9 Å². The van der Waals surface area contributed by atoms with Crippen LogP contribution in [-0.2, 0) is 14.3 Å². The van der Waals surface area contributed by atoms with Crippen LogP contribution < -0.4 is 9.47 Å². The van der Waals surface area contributed by atoms with E-state index in [9.17, 15) is 14.4 Å². The molecular formula is C33H36O7. The number of ether oxygens (including phenoxy) is 4. The lowest BCUT2D eigenvalue weighted by Gasteiger charge is -2.09. The first-order chi connectivity index (χ1) is 19.4. The maximum atomic E-state index is 12.6. The number of carbonyl (C=O) groups excluding carboxylic acids is 3. The smallest absolute Gasteiger partial charge is 0.343 e. The van der Waals surface area contributed by atoms with E-state index in [2.05, 4.69) is 6.58 Å². The van der Waals surface area contributed by atoms with Gasteiger partial charge in [0.25, 0.3) is 0 Å². The molecule has 0 aliphatic carbocycles. The van der Waals surface area contributed by atoms with E-state index in [1.54, 1.807) is 55.5 Å². The number of benzene rings is 3. The Morgan fingerprint density at radius 3 is 1.75 bits per heavy atom. The molecule has 0 amide bonds. The van der Waals surface area contributed by atoms with E-state index in [1.807, 2.05) is 31.2 Å². The molecule has 7 heteroatoms. The highest BCUT2D eigenvalue weighted by Crippen LogP contribution is 2.24. The van der Waals surface area contributed by atoms with Gasteiger partial charge in [0.05, 0.1) is 30.9 Å². The van der Waals surface area contributed by atoms with Crippen LogP contribution in [0.25, 0.3) is 11.1 Å². The number of rotatable bonds is 15. The fourth-order valence-electron chi connectivity index (χ4n) is 3.68. The van der Waals surface area contributed by atoms with E-state index in [0.717, 1.165) is 43.2 Å². The molecule has 210 valence electrons. The molecular weight excluding hydrogens is 508 g/mol. The van der Waals surface area contributed by atoms with E-state index in [4.69, 9.17) is 18.9 Å². The zero-order valence-electron chi connectivity index (χ0n) is 23.1.